The van der Waals surface area contributed by atoms with E-state index in [1.807, 2.05) is 30.5 Å². The van der Waals surface area contributed by atoms with Crippen molar-refractivity contribution in [2.75, 3.05) is 0 Å². The highest BCUT2D eigenvalue weighted by Gasteiger charge is 2.14. The fraction of sp³-hybridized carbons (Fsp3) is 0.111. The molecule has 22 heavy (non-hydrogen) atoms. The molecule has 3 aromatic rings. The van der Waals surface area contributed by atoms with Gasteiger partial charge in [-0.05, 0) is 48.7 Å². The number of aromatic nitrogens is 2. The minimum Gasteiger partial charge on any atom is -0.265 e. The molecule has 0 saturated carbocycles. The van der Waals surface area contributed by atoms with Crippen molar-refractivity contribution in [1.29, 1.82) is 0 Å². The third kappa shape index (κ3) is 2.60. The summed E-state index contributed by atoms with van der Waals surface area (Å²) >= 11 is 12.4. The van der Waals surface area contributed by atoms with Gasteiger partial charge in [0.25, 0.3) is 0 Å². The highest BCUT2D eigenvalue weighted by Crippen LogP contribution is 2.36. The van der Waals surface area contributed by atoms with Crippen LogP contribution in [-0.2, 0) is 0 Å². The van der Waals surface area contributed by atoms with Crippen LogP contribution in [0.5, 0.6) is 0 Å². The van der Waals surface area contributed by atoms with E-state index in [-0.39, 0.29) is 0 Å². The maximum absolute atomic E-state index is 6.33. The van der Waals surface area contributed by atoms with E-state index in [1.165, 1.54) is 5.56 Å². The van der Waals surface area contributed by atoms with Crippen LogP contribution >= 0.6 is 23.2 Å². The smallest absolute Gasteiger partial charge is 0.0749 e. The molecule has 0 bridgehead atoms. The van der Waals surface area contributed by atoms with Gasteiger partial charge in [0.1, 0.15) is 0 Å². The molecule has 2 nitrogen and oxygen atoms in total. The largest absolute Gasteiger partial charge is 0.265 e. The summed E-state index contributed by atoms with van der Waals surface area (Å²) in [7, 11) is 0. The van der Waals surface area contributed by atoms with Crippen molar-refractivity contribution in [3.63, 3.8) is 0 Å². The van der Waals surface area contributed by atoms with Crippen molar-refractivity contribution in [2.45, 2.75) is 13.8 Å². The van der Waals surface area contributed by atoms with E-state index in [2.05, 4.69) is 23.8 Å². The predicted octanol–water partition coefficient (Wildman–Crippen LogP) is 5.73. The zero-order valence-electron chi connectivity index (χ0n) is 12.3. The summed E-state index contributed by atoms with van der Waals surface area (Å²) in [6, 6.07) is 9.57. The standard InChI is InChI=1S/C18H14Cl2N2/c1-11-12(2)18(14-4-3-5-16(19)17(14)20)22-10-15(11)13-6-8-21-9-7-13/h3-10H,1-2H3. The summed E-state index contributed by atoms with van der Waals surface area (Å²) in [4.78, 5) is 8.68. The van der Waals surface area contributed by atoms with Gasteiger partial charge in [0.2, 0.25) is 0 Å². The molecule has 0 atom stereocenters. The number of benzene rings is 1. The summed E-state index contributed by atoms with van der Waals surface area (Å²) in [5.41, 5.74) is 6.19. The molecular formula is C18H14Cl2N2. The molecule has 1 aromatic carbocycles. The highest BCUT2D eigenvalue weighted by molar-refractivity contribution is 6.43. The summed E-state index contributed by atoms with van der Waals surface area (Å²) in [6.45, 7) is 4.15. The lowest BCUT2D eigenvalue weighted by Crippen LogP contribution is -1.96. The maximum Gasteiger partial charge on any atom is 0.0749 e. The Morgan fingerprint density at radius 2 is 1.59 bits per heavy atom. The Morgan fingerprint density at radius 1 is 0.864 bits per heavy atom. The van der Waals surface area contributed by atoms with Crippen LogP contribution in [0.1, 0.15) is 11.1 Å². The predicted molar refractivity (Wildman–Crippen MR) is 92.4 cm³/mol. The Bertz CT molecular complexity index is 830. The minimum absolute atomic E-state index is 0.538. The summed E-state index contributed by atoms with van der Waals surface area (Å²) < 4.78 is 0. The van der Waals surface area contributed by atoms with Gasteiger partial charge in [-0.25, -0.2) is 0 Å². The first-order valence-corrected chi connectivity index (χ1v) is 7.66. The topological polar surface area (TPSA) is 25.8 Å². The Labute approximate surface area is 139 Å². The van der Waals surface area contributed by atoms with Gasteiger partial charge in [-0.1, -0.05) is 35.3 Å². The Morgan fingerprint density at radius 3 is 2.32 bits per heavy atom. The average molecular weight is 329 g/mol. The van der Waals surface area contributed by atoms with Gasteiger partial charge in [-0.3, -0.25) is 9.97 Å². The van der Waals surface area contributed by atoms with Gasteiger partial charge in [0.15, 0.2) is 0 Å². The molecule has 0 aliphatic carbocycles. The number of hydrogen-bond donors (Lipinski definition) is 0. The first kappa shape index (κ1) is 15.0. The third-order valence-corrected chi connectivity index (χ3v) is 4.66. The highest BCUT2D eigenvalue weighted by atomic mass is 35.5. The molecule has 110 valence electrons. The van der Waals surface area contributed by atoms with E-state index in [0.29, 0.717) is 10.0 Å². The normalized spacial score (nSPS) is 10.7. The minimum atomic E-state index is 0.538. The molecule has 2 heterocycles. The zero-order chi connectivity index (χ0) is 15.7. The number of nitrogens with zero attached hydrogens (tertiary/aromatic N) is 2. The number of rotatable bonds is 2. The van der Waals surface area contributed by atoms with Crippen molar-refractivity contribution in [3.8, 4) is 22.4 Å². The van der Waals surface area contributed by atoms with Crippen LogP contribution in [0.15, 0.2) is 48.9 Å². The SMILES string of the molecule is Cc1c(-c2ccncc2)cnc(-c2cccc(Cl)c2Cl)c1C. The van der Waals surface area contributed by atoms with Gasteiger partial charge in [-0.15, -0.1) is 0 Å². The Hall–Kier alpha value is -1.90. The lowest BCUT2D eigenvalue weighted by Gasteiger charge is -2.14. The second-order valence-electron chi connectivity index (χ2n) is 5.11. The second kappa shape index (κ2) is 6.07. The zero-order valence-corrected chi connectivity index (χ0v) is 13.8. The third-order valence-electron chi connectivity index (χ3n) is 3.84. The lowest BCUT2D eigenvalue weighted by atomic mass is 9.96. The van der Waals surface area contributed by atoms with Crippen molar-refractivity contribution in [1.82, 2.24) is 9.97 Å². The van der Waals surface area contributed by atoms with E-state index in [9.17, 15) is 0 Å². The van der Waals surface area contributed by atoms with Crippen LogP contribution in [0.2, 0.25) is 10.0 Å². The van der Waals surface area contributed by atoms with Crippen molar-refractivity contribution in [2.24, 2.45) is 0 Å². The van der Waals surface area contributed by atoms with Gasteiger partial charge in [-0.2, -0.15) is 0 Å². The lowest BCUT2D eigenvalue weighted by molar-refractivity contribution is 1.22. The van der Waals surface area contributed by atoms with Crippen molar-refractivity contribution in [3.05, 3.63) is 70.1 Å². The summed E-state index contributed by atoms with van der Waals surface area (Å²) in [5.74, 6) is 0. The molecule has 2 aromatic heterocycles. The molecule has 3 rings (SSSR count). The average Bonchev–Trinajstić information content (AvgIpc) is 2.54. The first-order valence-electron chi connectivity index (χ1n) is 6.90. The van der Waals surface area contributed by atoms with Gasteiger partial charge in [0, 0.05) is 29.7 Å². The van der Waals surface area contributed by atoms with Gasteiger partial charge < -0.3 is 0 Å². The van der Waals surface area contributed by atoms with Gasteiger partial charge >= 0.3 is 0 Å². The summed E-state index contributed by atoms with van der Waals surface area (Å²) in [5, 5.41) is 1.08. The second-order valence-corrected chi connectivity index (χ2v) is 5.89. The number of halogens is 2. The molecule has 0 aliphatic rings. The maximum atomic E-state index is 6.33. The fourth-order valence-electron chi connectivity index (χ4n) is 2.48. The summed E-state index contributed by atoms with van der Waals surface area (Å²) in [6.07, 6.45) is 5.45. The van der Waals surface area contributed by atoms with E-state index in [4.69, 9.17) is 23.2 Å². The van der Waals surface area contributed by atoms with E-state index < -0.39 is 0 Å². The van der Waals surface area contributed by atoms with Crippen LogP contribution in [0.4, 0.5) is 0 Å². The molecule has 0 unspecified atom stereocenters. The van der Waals surface area contributed by atoms with Crippen LogP contribution in [0.25, 0.3) is 22.4 Å². The first-order chi connectivity index (χ1) is 10.6. The number of pyridine rings is 2. The van der Waals surface area contributed by atoms with Crippen LogP contribution in [0, 0.1) is 13.8 Å². The van der Waals surface area contributed by atoms with E-state index in [0.717, 1.165) is 27.9 Å². The molecule has 0 radical (unpaired) electrons. The molecule has 0 fully saturated rings. The number of hydrogen-bond acceptors (Lipinski definition) is 2. The van der Waals surface area contributed by atoms with E-state index in [1.54, 1.807) is 18.5 Å². The molecule has 4 heteroatoms. The molecule has 0 amide bonds. The molecule has 0 spiro atoms. The van der Waals surface area contributed by atoms with Crippen molar-refractivity contribution >= 4 is 23.2 Å². The molecule has 0 saturated heterocycles. The fourth-order valence-corrected chi connectivity index (χ4v) is 2.87. The Balaban J connectivity index is 2.17. The van der Waals surface area contributed by atoms with Crippen LogP contribution in [0.3, 0.4) is 0 Å². The monoisotopic (exact) mass is 328 g/mol. The van der Waals surface area contributed by atoms with Crippen LogP contribution < -0.4 is 0 Å². The van der Waals surface area contributed by atoms with Gasteiger partial charge in [0.05, 0.1) is 15.7 Å². The Kier molecular flexibility index (Phi) is 4.14. The van der Waals surface area contributed by atoms with Crippen molar-refractivity contribution < 1.29 is 0 Å². The molecule has 0 aliphatic heterocycles. The van der Waals surface area contributed by atoms with Crippen LogP contribution in [-0.4, -0.2) is 9.97 Å². The molecule has 0 N–H and O–H groups in total. The molecular weight excluding hydrogens is 315 g/mol. The quantitative estimate of drug-likeness (QED) is 0.599. The van der Waals surface area contributed by atoms with E-state index >= 15 is 0 Å².